The van der Waals surface area contributed by atoms with Crippen molar-refractivity contribution in [3.63, 3.8) is 0 Å². The van der Waals surface area contributed by atoms with Gasteiger partial charge in [-0.15, -0.1) is 0 Å². The summed E-state index contributed by atoms with van der Waals surface area (Å²) in [6.07, 6.45) is 9.02. The van der Waals surface area contributed by atoms with E-state index in [2.05, 4.69) is 0 Å². The lowest BCUT2D eigenvalue weighted by molar-refractivity contribution is -0.164. The number of hydrogen-bond donors (Lipinski definition) is 1. The molecule has 180 valence electrons. The van der Waals surface area contributed by atoms with Crippen molar-refractivity contribution >= 4 is 11.9 Å². The van der Waals surface area contributed by atoms with Crippen LogP contribution in [0, 0.1) is 35.5 Å². The van der Waals surface area contributed by atoms with Crippen LogP contribution in [0.2, 0.25) is 0 Å². The van der Waals surface area contributed by atoms with Gasteiger partial charge in [-0.25, -0.2) is 4.79 Å². The van der Waals surface area contributed by atoms with Gasteiger partial charge in [0.15, 0.2) is 0 Å². The van der Waals surface area contributed by atoms with Crippen LogP contribution in [0.5, 0.6) is 0 Å². The van der Waals surface area contributed by atoms with E-state index in [4.69, 9.17) is 9.47 Å². The molecule has 0 radical (unpaired) electrons. The van der Waals surface area contributed by atoms with E-state index in [1.807, 2.05) is 37.3 Å². The molecule has 1 aromatic rings. The Hall–Kier alpha value is -1.88. The molecule has 1 N–H and O–H groups in total. The van der Waals surface area contributed by atoms with Crippen LogP contribution >= 0.6 is 0 Å². The molecule has 0 aromatic heterocycles. The third kappa shape index (κ3) is 4.22. The van der Waals surface area contributed by atoms with E-state index in [1.54, 1.807) is 0 Å². The summed E-state index contributed by atoms with van der Waals surface area (Å²) in [6, 6.07) is 9.28. The summed E-state index contributed by atoms with van der Waals surface area (Å²) in [7, 11) is 0. The van der Waals surface area contributed by atoms with Crippen LogP contribution in [-0.2, 0) is 14.3 Å². The second-order valence-electron chi connectivity index (χ2n) is 11.2. The van der Waals surface area contributed by atoms with Gasteiger partial charge in [-0.1, -0.05) is 18.2 Å². The fourth-order valence-corrected chi connectivity index (χ4v) is 8.35. The van der Waals surface area contributed by atoms with E-state index in [1.165, 1.54) is 6.92 Å². The molecule has 1 aromatic carbocycles. The highest BCUT2D eigenvalue weighted by Crippen LogP contribution is 2.61. The molecule has 5 nitrogen and oxygen atoms in total. The normalized spacial score (nSPS) is 40.6. The van der Waals surface area contributed by atoms with Crippen molar-refractivity contribution in [2.24, 2.45) is 35.5 Å². The van der Waals surface area contributed by atoms with Crippen LogP contribution in [0.25, 0.3) is 0 Å². The Morgan fingerprint density at radius 1 is 0.970 bits per heavy atom. The SMILES string of the molecule is CC(=O)OC(C)C1CCC2(O)C1CCC1C3CCC(OC(=O)c4ccccc4)CC3CCC12. The zero-order valence-electron chi connectivity index (χ0n) is 19.9. The molecular formula is C28H38O5. The number of fused-ring (bicyclic) bond motifs is 5. The van der Waals surface area contributed by atoms with Gasteiger partial charge in [0.1, 0.15) is 12.2 Å². The highest BCUT2D eigenvalue weighted by Gasteiger charge is 2.60. The van der Waals surface area contributed by atoms with E-state index in [0.717, 1.165) is 57.8 Å². The van der Waals surface area contributed by atoms with Gasteiger partial charge in [-0.3, -0.25) is 4.79 Å². The van der Waals surface area contributed by atoms with Crippen molar-refractivity contribution in [2.75, 3.05) is 0 Å². The van der Waals surface area contributed by atoms with Crippen LogP contribution < -0.4 is 0 Å². The van der Waals surface area contributed by atoms with Gasteiger partial charge >= 0.3 is 11.9 Å². The molecule has 0 amide bonds. The first-order valence-electron chi connectivity index (χ1n) is 13.0. The predicted molar refractivity (Wildman–Crippen MR) is 124 cm³/mol. The first-order chi connectivity index (χ1) is 15.9. The lowest BCUT2D eigenvalue weighted by atomic mass is 9.51. The molecule has 9 unspecified atom stereocenters. The standard InChI is InChI=1S/C28H38O5/c1-17(32-18(2)29)22-14-15-28(31)25(22)13-11-24-23-10-9-21(16-20(23)8-12-26(24)28)33-27(30)19-6-4-3-5-7-19/h3-7,17,20-26,31H,8-16H2,1-2H3. The first-order valence-corrected chi connectivity index (χ1v) is 13.0. The van der Waals surface area contributed by atoms with Crippen molar-refractivity contribution in [3.05, 3.63) is 35.9 Å². The Balaban J connectivity index is 1.23. The van der Waals surface area contributed by atoms with Gasteiger partial charge in [0.25, 0.3) is 0 Å². The van der Waals surface area contributed by atoms with Gasteiger partial charge in [0.05, 0.1) is 11.2 Å². The summed E-state index contributed by atoms with van der Waals surface area (Å²) < 4.78 is 11.4. The van der Waals surface area contributed by atoms with Crippen molar-refractivity contribution in [1.29, 1.82) is 0 Å². The summed E-state index contributed by atoms with van der Waals surface area (Å²) in [4.78, 5) is 24.0. The monoisotopic (exact) mass is 454 g/mol. The largest absolute Gasteiger partial charge is 0.463 e. The molecule has 5 heteroatoms. The van der Waals surface area contributed by atoms with Crippen LogP contribution in [0.15, 0.2) is 30.3 Å². The van der Waals surface area contributed by atoms with Gasteiger partial charge in [0.2, 0.25) is 0 Å². The molecule has 0 spiro atoms. The number of aliphatic hydroxyl groups is 1. The Bertz CT molecular complexity index is 868. The molecule has 0 heterocycles. The lowest BCUT2D eigenvalue weighted by Crippen LogP contribution is -2.55. The Kier molecular flexibility index (Phi) is 6.28. The second kappa shape index (κ2) is 9.05. The number of ether oxygens (including phenoxy) is 2. The number of hydrogen-bond acceptors (Lipinski definition) is 5. The minimum atomic E-state index is -0.608. The predicted octanol–water partition coefficient (Wildman–Crippen LogP) is 5.16. The summed E-state index contributed by atoms with van der Waals surface area (Å²) >= 11 is 0. The molecule has 9 atom stereocenters. The lowest BCUT2D eigenvalue weighted by Gasteiger charge is -2.56. The third-order valence-electron chi connectivity index (χ3n) is 9.64. The molecule has 0 aliphatic heterocycles. The molecule has 4 saturated carbocycles. The van der Waals surface area contributed by atoms with Gasteiger partial charge in [-0.05, 0) is 106 Å². The van der Waals surface area contributed by atoms with E-state index in [-0.39, 0.29) is 36.0 Å². The zero-order chi connectivity index (χ0) is 23.2. The molecule has 33 heavy (non-hydrogen) atoms. The highest BCUT2D eigenvalue weighted by molar-refractivity contribution is 5.89. The van der Waals surface area contributed by atoms with Crippen molar-refractivity contribution in [1.82, 2.24) is 0 Å². The fraction of sp³-hybridized carbons (Fsp3) is 0.714. The molecule has 0 bridgehead atoms. The summed E-state index contributed by atoms with van der Waals surface area (Å²) in [5.74, 6) is 2.22. The van der Waals surface area contributed by atoms with Crippen molar-refractivity contribution in [3.8, 4) is 0 Å². The highest BCUT2D eigenvalue weighted by atomic mass is 16.5. The Morgan fingerprint density at radius 3 is 2.45 bits per heavy atom. The molecule has 0 saturated heterocycles. The maximum Gasteiger partial charge on any atom is 0.338 e. The number of esters is 2. The van der Waals surface area contributed by atoms with Gasteiger partial charge in [-0.2, -0.15) is 0 Å². The number of carbonyl (C=O) groups is 2. The van der Waals surface area contributed by atoms with Gasteiger partial charge in [0, 0.05) is 12.8 Å². The molecule has 5 rings (SSSR count). The summed E-state index contributed by atoms with van der Waals surface area (Å²) in [5.41, 5.74) is 0.0199. The molecule has 4 aliphatic carbocycles. The second-order valence-corrected chi connectivity index (χ2v) is 11.2. The zero-order valence-corrected chi connectivity index (χ0v) is 19.9. The van der Waals surface area contributed by atoms with Crippen LogP contribution in [0.4, 0.5) is 0 Å². The van der Waals surface area contributed by atoms with Crippen LogP contribution in [0.3, 0.4) is 0 Å². The van der Waals surface area contributed by atoms with Gasteiger partial charge < -0.3 is 14.6 Å². The minimum absolute atomic E-state index is 0.00960. The van der Waals surface area contributed by atoms with E-state index in [9.17, 15) is 14.7 Å². The first kappa shape index (κ1) is 22.9. The Morgan fingerprint density at radius 2 is 1.70 bits per heavy atom. The molecule has 4 fully saturated rings. The number of benzene rings is 1. The summed E-state index contributed by atoms with van der Waals surface area (Å²) in [5, 5.41) is 11.9. The number of rotatable bonds is 4. The topological polar surface area (TPSA) is 72.8 Å². The van der Waals surface area contributed by atoms with Crippen molar-refractivity contribution in [2.45, 2.75) is 89.4 Å². The van der Waals surface area contributed by atoms with E-state index < -0.39 is 5.60 Å². The average molecular weight is 455 g/mol. The van der Waals surface area contributed by atoms with Crippen LogP contribution in [-0.4, -0.2) is 34.9 Å². The minimum Gasteiger partial charge on any atom is -0.463 e. The maximum atomic E-state index is 12.5. The van der Waals surface area contributed by atoms with Crippen molar-refractivity contribution < 1.29 is 24.2 Å². The molecular weight excluding hydrogens is 416 g/mol. The quantitative estimate of drug-likeness (QED) is 0.637. The van der Waals surface area contributed by atoms with Crippen LogP contribution in [0.1, 0.15) is 82.0 Å². The average Bonchev–Trinajstić information content (AvgIpc) is 3.16. The fourth-order valence-electron chi connectivity index (χ4n) is 8.35. The molecule has 4 aliphatic rings. The smallest absolute Gasteiger partial charge is 0.338 e. The number of carbonyl (C=O) groups excluding carboxylic acids is 2. The maximum absolute atomic E-state index is 12.5. The van der Waals surface area contributed by atoms with E-state index >= 15 is 0 Å². The third-order valence-corrected chi connectivity index (χ3v) is 9.64. The summed E-state index contributed by atoms with van der Waals surface area (Å²) in [6.45, 7) is 3.47. The van der Waals surface area contributed by atoms with E-state index in [0.29, 0.717) is 29.2 Å². The Labute approximate surface area is 197 Å².